The van der Waals surface area contributed by atoms with Crippen molar-refractivity contribution in [2.45, 2.75) is 45.2 Å². The molecule has 1 unspecified atom stereocenters. The number of hydrogen-bond acceptors (Lipinski definition) is 3. The van der Waals surface area contributed by atoms with Gasteiger partial charge in [-0.25, -0.2) is 9.37 Å². The maximum absolute atomic E-state index is 14.3. The summed E-state index contributed by atoms with van der Waals surface area (Å²) in [5.74, 6) is -0.272. The van der Waals surface area contributed by atoms with Crippen molar-refractivity contribution in [2.75, 3.05) is 0 Å². The third-order valence-electron chi connectivity index (χ3n) is 3.76. The molecule has 0 aliphatic heterocycles. The first-order valence-corrected chi connectivity index (χ1v) is 8.45. The molecule has 112 valence electrons. The van der Waals surface area contributed by atoms with Crippen LogP contribution in [0, 0.1) is 12.7 Å². The normalized spacial score (nSPS) is 16.2. The molecule has 3 rings (SSSR count). The minimum Gasteiger partial charge on any atom is -0.301 e. The lowest BCUT2D eigenvalue weighted by atomic mass is 10.1. The van der Waals surface area contributed by atoms with E-state index in [0.717, 1.165) is 30.0 Å². The summed E-state index contributed by atoms with van der Waals surface area (Å²) >= 11 is 7.89. The van der Waals surface area contributed by atoms with E-state index in [1.807, 2.05) is 0 Å². The molecular weight excluding hydrogens is 307 g/mol. The van der Waals surface area contributed by atoms with Gasteiger partial charge in [-0.1, -0.05) is 24.6 Å². The molecule has 21 heavy (non-hydrogen) atoms. The second kappa shape index (κ2) is 6.03. The number of benzene rings is 1. The Morgan fingerprint density at radius 2 is 2.24 bits per heavy atom. The molecule has 5 heteroatoms. The van der Waals surface area contributed by atoms with Crippen LogP contribution in [0.2, 0.25) is 5.02 Å². The molecule has 2 aromatic rings. The van der Waals surface area contributed by atoms with Gasteiger partial charge in [0.25, 0.3) is 0 Å². The third-order valence-corrected chi connectivity index (χ3v) is 5.17. The van der Waals surface area contributed by atoms with Gasteiger partial charge in [-0.2, -0.15) is 0 Å². The second-order valence-electron chi connectivity index (χ2n) is 5.42. The average molecular weight is 325 g/mol. The van der Waals surface area contributed by atoms with Crippen LogP contribution in [0.4, 0.5) is 4.39 Å². The summed E-state index contributed by atoms with van der Waals surface area (Å²) in [6.07, 6.45) is 3.16. The summed E-state index contributed by atoms with van der Waals surface area (Å²) in [4.78, 5) is 5.90. The van der Waals surface area contributed by atoms with E-state index in [1.54, 1.807) is 23.5 Å². The zero-order chi connectivity index (χ0) is 15.0. The Kier molecular flexibility index (Phi) is 4.29. The highest BCUT2D eigenvalue weighted by Gasteiger charge is 2.31. The maximum atomic E-state index is 14.3. The van der Waals surface area contributed by atoms with Crippen molar-refractivity contribution in [1.29, 1.82) is 0 Å². The van der Waals surface area contributed by atoms with Gasteiger partial charge >= 0.3 is 0 Å². The molecular formula is C16H18ClFN2S. The van der Waals surface area contributed by atoms with Crippen molar-refractivity contribution in [1.82, 2.24) is 10.3 Å². The highest BCUT2D eigenvalue weighted by Crippen LogP contribution is 2.36. The zero-order valence-electron chi connectivity index (χ0n) is 12.1. The molecule has 0 amide bonds. The number of thiazole rings is 1. The first-order valence-electron chi connectivity index (χ1n) is 7.26. The molecule has 1 heterocycles. The lowest BCUT2D eigenvalue weighted by Gasteiger charge is -2.18. The lowest BCUT2D eigenvalue weighted by Crippen LogP contribution is -2.25. The summed E-state index contributed by atoms with van der Waals surface area (Å²) in [6, 6.07) is 5.03. The number of nitrogens with zero attached hydrogens (tertiary/aromatic N) is 1. The molecule has 1 saturated carbocycles. The Morgan fingerprint density at radius 3 is 2.81 bits per heavy atom. The Hall–Kier alpha value is -0.970. The summed E-state index contributed by atoms with van der Waals surface area (Å²) in [6.45, 7) is 4.16. The number of rotatable bonds is 5. The van der Waals surface area contributed by atoms with Crippen LogP contribution < -0.4 is 5.32 Å². The Bertz CT molecular complexity index is 631. The monoisotopic (exact) mass is 324 g/mol. The number of nitrogens with one attached hydrogen (secondary N) is 1. The van der Waals surface area contributed by atoms with Gasteiger partial charge in [-0.05, 0) is 38.3 Å². The maximum Gasteiger partial charge on any atom is 0.129 e. The fourth-order valence-electron chi connectivity index (χ4n) is 2.45. The van der Waals surface area contributed by atoms with Gasteiger partial charge in [-0.15, -0.1) is 11.3 Å². The van der Waals surface area contributed by atoms with Gasteiger partial charge in [-0.3, -0.25) is 0 Å². The van der Waals surface area contributed by atoms with E-state index < -0.39 is 0 Å². The van der Waals surface area contributed by atoms with Crippen LogP contribution >= 0.6 is 22.9 Å². The van der Waals surface area contributed by atoms with Crippen LogP contribution in [0.5, 0.6) is 0 Å². The fraction of sp³-hybridized carbons (Fsp3) is 0.438. The third kappa shape index (κ3) is 3.12. The Balaban J connectivity index is 2.04. The zero-order valence-corrected chi connectivity index (χ0v) is 13.7. The predicted octanol–water partition coefficient (Wildman–Crippen LogP) is 4.65. The minimum absolute atomic E-state index is 0.254. The molecule has 2 nitrogen and oxygen atoms in total. The van der Waals surface area contributed by atoms with Crippen LogP contribution in [0.1, 0.15) is 46.9 Å². The van der Waals surface area contributed by atoms with E-state index in [4.69, 9.17) is 16.6 Å². The summed E-state index contributed by atoms with van der Waals surface area (Å²) in [7, 11) is 0. The molecule has 1 fully saturated rings. The topological polar surface area (TPSA) is 24.9 Å². The lowest BCUT2D eigenvalue weighted by molar-refractivity contribution is 0.544. The molecule has 1 aliphatic rings. The van der Waals surface area contributed by atoms with E-state index in [1.165, 1.54) is 10.9 Å². The van der Waals surface area contributed by atoms with Crippen LogP contribution in [0.3, 0.4) is 0 Å². The van der Waals surface area contributed by atoms with E-state index in [0.29, 0.717) is 16.6 Å². The minimum atomic E-state index is -0.272. The van der Waals surface area contributed by atoms with Crippen molar-refractivity contribution in [3.8, 4) is 0 Å². The van der Waals surface area contributed by atoms with Gasteiger partial charge < -0.3 is 5.32 Å². The van der Waals surface area contributed by atoms with E-state index in [-0.39, 0.29) is 11.9 Å². The Morgan fingerprint density at radius 1 is 1.48 bits per heavy atom. The molecule has 1 aromatic carbocycles. The smallest absolute Gasteiger partial charge is 0.129 e. The standard InChI is InChI=1S/C16H18ClFN2S/c1-3-13-9(2)21-16(20-13)15(19-10-7-8-10)14-11(17)5-4-6-12(14)18/h4-6,10,15,19H,3,7-8H2,1-2H3. The molecule has 1 atom stereocenters. The first kappa shape index (κ1) is 14.9. The Labute approximate surface area is 133 Å². The SMILES string of the molecule is CCc1nc(C(NC2CC2)c2c(F)cccc2Cl)sc1C. The van der Waals surface area contributed by atoms with Crippen molar-refractivity contribution in [3.05, 3.63) is 50.2 Å². The molecule has 0 bridgehead atoms. The number of hydrogen-bond donors (Lipinski definition) is 1. The van der Waals surface area contributed by atoms with Crippen LogP contribution in [-0.2, 0) is 6.42 Å². The summed E-state index contributed by atoms with van der Waals surface area (Å²) in [5, 5.41) is 4.86. The van der Waals surface area contributed by atoms with Gasteiger partial charge in [0.05, 0.1) is 11.7 Å². The van der Waals surface area contributed by atoms with Crippen LogP contribution in [-0.4, -0.2) is 11.0 Å². The average Bonchev–Trinajstić information content (AvgIpc) is 3.18. The second-order valence-corrected chi connectivity index (χ2v) is 7.06. The van der Waals surface area contributed by atoms with E-state index >= 15 is 0 Å². The summed E-state index contributed by atoms with van der Waals surface area (Å²) in [5.41, 5.74) is 1.60. The van der Waals surface area contributed by atoms with E-state index in [9.17, 15) is 4.39 Å². The molecule has 0 saturated heterocycles. The van der Waals surface area contributed by atoms with Gasteiger partial charge in [0.2, 0.25) is 0 Å². The fourth-order valence-corrected chi connectivity index (χ4v) is 3.81. The van der Waals surface area contributed by atoms with Crippen molar-refractivity contribution in [2.24, 2.45) is 0 Å². The highest BCUT2D eigenvalue weighted by atomic mass is 35.5. The predicted molar refractivity (Wildman–Crippen MR) is 85.6 cm³/mol. The summed E-state index contributed by atoms with van der Waals surface area (Å²) < 4.78 is 14.3. The number of halogens is 2. The van der Waals surface area contributed by atoms with Crippen molar-refractivity contribution in [3.63, 3.8) is 0 Å². The van der Waals surface area contributed by atoms with Crippen LogP contribution in [0.15, 0.2) is 18.2 Å². The van der Waals surface area contributed by atoms with Gasteiger partial charge in [0, 0.05) is 21.5 Å². The number of aryl methyl sites for hydroxylation is 2. The first-order chi connectivity index (χ1) is 10.1. The quantitative estimate of drug-likeness (QED) is 0.866. The molecule has 1 aromatic heterocycles. The molecule has 0 spiro atoms. The van der Waals surface area contributed by atoms with Crippen molar-refractivity contribution < 1.29 is 4.39 Å². The number of aromatic nitrogens is 1. The largest absolute Gasteiger partial charge is 0.301 e. The molecule has 1 aliphatic carbocycles. The molecule has 0 radical (unpaired) electrons. The van der Waals surface area contributed by atoms with Gasteiger partial charge in [0.1, 0.15) is 10.8 Å². The highest BCUT2D eigenvalue weighted by molar-refractivity contribution is 7.11. The van der Waals surface area contributed by atoms with Crippen molar-refractivity contribution >= 4 is 22.9 Å². The molecule has 1 N–H and O–H groups in total. The van der Waals surface area contributed by atoms with Gasteiger partial charge in [0.15, 0.2) is 0 Å². The van der Waals surface area contributed by atoms with E-state index in [2.05, 4.69) is 19.2 Å². The van der Waals surface area contributed by atoms with Crippen LogP contribution in [0.25, 0.3) is 0 Å².